The number of hydrogen-bond donors (Lipinski definition) is 0. The van der Waals surface area contributed by atoms with E-state index in [2.05, 4.69) is 172 Å². The topological polar surface area (TPSA) is 3.24 Å². The van der Waals surface area contributed by atoms with Gasteiger partial charge in [-0.25, -0.2) is 0 Å². The van der Waals surface area contributed by atoms with Gasteiger partial charge in [0.15, 0.2) is 0 Å². The van der Waals surface area contributed by atoms with E-state index < -0.39 is 0 Å². The van der Waals surface area contributed by atoms with Crippen molar-refractivity contribution in [1.29, 1.82) is 0 Å². The second-order valence-electron chi connectivity index (χ2n) is 19.3. The molecule has 274 valence electrons. The molecule has 0 N–H and O–H groups in total. The summed E-state index contributed by atoms with van der Waals surface area (Å²) < 4.78 is 0. The summed E-state index contributed by atoms with van der Waals surface area (Å²) in [7, 11) is 0. The van der Waals surface area contributed by atoms with Crippen molar-refractivity contribution in [3.8, 4) is 33.4 Å². The molecule has 0 heterocycles. The summed E-state index contributed by atoms with van der Waals surface area (Å²) in [5.41, 5.74) is 18.4. The first-order chi connectivity index (χ1) is 26.7. The minimum atomic E-state index is 0.131. The third-order valence-corrected chi connectivity index (χ3v) is 15.3. The van der Waals surface area contributed by atoms with Crippen LogP contribution in [0.15, 0.2) is 140 Å². The van der Waals surface area contributed by atoms with Crippen LogP contribution in [0.3, 0.4) is 0 Å². The molecule has 0 unspecified atom stereocenters. The van der Waals surface area contributed by atoms with Crippen LogP contribution in [0, 0.1) is 23.7 Å². The van der Waals surface area contributed by atoms with Gasteiger partial charge in [-0.15, -0.1) is 0 Å². The molecular formula is C54H53N. The van der Waals surface area contributed by atoms with Crippen molar-refractivity contribution in [3.63, 3.8) is 0 Å². The number of anilines is 3. The Morgan fingerprint density at radius 2 is 0.873 bits per heavy atom. The minimum absolute atomic E-state index is 0.131. The molecule has 6 aromatic rings. The van der Waals surface area contributed by atoms with E-state index in [4.69, 9.17) is 0 Å². The minimum Gasteiger partial charge on any atom is -0.310 e. The van der Waals surface area contributed by atoms with E-state index in [1.165, 1.54) is 107 Å². The van der Waals surface area contributed by atoms with E-state index in [0.29, 0.717) is 0 Å². The molecule has 4 bridgehead atoms. The van der Waals surface area contributed by atoms with Gasteiger partial charge in [-0.1, -0.05) is 131 Å². The summed E-state index contributed by atoms with van der Waals surface area (Å²) in [6.45, 7) is 9.78. The van der Waals surface area contributed by atoms with Gasteiger partial charge in [-0.2, -0.15) is 0 Å². The molecule has 0 radical (unpaired) electrons. The van der Waals surface area contributed by atoms with E-state index >= 15 is 0 Å². The van der Waals surface area contributed by atoms with Gasteiger partial charge in [-0.3, -0.25) is 0 Å². The maximum Gasteiger partial charge on any atom is 0.0465 e. The summed E-state index contributed by atoms with van der Waals surface area (Å²) in [6.07, 6.45) is 9.51. The van der Waals surface area contributed by atoms with E-state index in [1.54, 1.807) is 11.1 Å². The predicted molar refractivity (Wildman–Crippen MR) is 231 cm³/mol. The molecule has 4 saturated carbocycles. The van der Waals surface area contributed by atoms with Crippen LogP contribution in [0.4, 0.5) is 17.1 Å². The lowest BCUT2D eigenvalue weighted by Crippen LogP contribution is -2.55. The monoisotopic (exact) mass is 715 g/mol. The third kappa shape index (κ3) is 5.04. The second-order valence-corrected chi connectivity index (χ2v) is 19.3. The molecule has 1 nitrogen and oxygen atoms in total. The molecule has 0 saturated heterocycles. The van der Waals surface area contributed by atoms with Crippen molar-refractivity contribution in [2.45, 2.75) is 88.9 Å². The Kier molecular flexibility index (Phi) is 7.34. The highest BCUT2D eigenvalue weighted by Crippen LogP contribution is 2.69. The molecule has 6 aliphatic carbocycles. The van der Waals surface area contributed by atoms with Crippen molar-refractivity contribution in [1.82, 2.24) is 0 Å². The molecule has 12 rings (SSSR count). The van der Waals surface area contributed by atoms with E-state index in [-0.39, 0.29) is 16.2 Å². The lowest BCUT2D eigenvalue weighted by molar-refractivity contribution is -0.0399. The molecule has 6 aliphatic rings. The smallest absolute Gasteiger partial charge is 0.0465 e. The Bertz CT molecular complexity index is 2400. The van der Waals surface area contributed by atoms with Gasteiger partial charge in [0, 0.05) is 22.5 Å². The molecular weight excluding hydrogens is 663 g/mol. The number of hydrogen-bond acceptors (Lipinski definition) is 1. The summed E-state index contributed by atoms with van der Waals surface area (Å²) in [4.78, 5) is 2.58. The molecule has 6 aromatic carbocycles. The first-order valence-electron chi connectivity index (χ1n) is 21.1. The lowest BCUT2D eigenvalue weighted by Gasteiger charge is -2.61. The van der Waals surface area contributed by atoms with Crippen LogP contribution in [0.1, 0.15) is 94.9 Å². The highest BCUT2D eigenvalue weighted by atomic mass is 15.1. The zero-order chi connectivity index (χ0) is 37.1. The van der Waals surface area contributed by atoms with Crippen LogP contribution < -0.4 is 4.90 Å². The SMILES string of the molecule is CC1(C)CCC(C)(C)c2cc(N(c3ccc(-c4ccc(-c5ccccc5)cc4)cc3)c3ccc4c(c3)C3(c5ccccc5-4)C4CC5CC(C4)CC3C5)ccc21. The number of fused-ring (bicyclic) bond motifs is 4. The van der Waals surface area contributed by atoms with Crippen LogP contribution in [0.2, 0.25) is 0 Å². The van der Waals surface area contributed by atoms with E-state index in [0.717, 1.165) is 23.7 Å². The summed E-state index contributed by atoms with van der Waals surface area (Å²) in [5.74, 6) is 3.35. The number of rotatable bonds is 5. The molecule has 0 amide bonds. The fourth-order valence-electron chi connectivity index (χ4n) is 12.7. The van der Waals surface area contributed by atoms with E-state index in [1.807, 2.05) is 0 Å². The summed E-state index contributed by atoms with van der Waals surface area (Å²) >= 11 is 0. The molecule has 0 aromatic heterocycles. The standard InChI is InChI=1S/C54H53N/c1-52(2)26-27-53(3,4)51-34-45(23-25-49(51)52)55(43-20-18-40(19-21-43)39-16-14-38(15-17-39)37-10-6-5-7-11-37)44-22-24-47-46-12-8-9-13-48(46)54(50(47)33-44)41-29-35-28-36(31-41)32-42(54)30-35/h5-25,33-36,41-42H,26-32H2,1-4H3. The zero-order valence-corrected chi connectivity index (χ0v) is 33.0. The van der Waals surface area contributed by atoms with Gasteiger partial charge < -0.3 is 4.90 Å². The Morgan fingerprint density at radius 1 is 0.400 bits per heavy atom. The molecule has 0 aliphatic heterocycles. The largest absolute Gasteiger partial charge is 0.310 e. The van der Waals surface area contributed by atoms with Crippen molar-refractivity contribution in [3.05, 3.63) is 162 Å². The molecule has 0 atom stereocenters. The van der Waals surface area contributed by atoms with Gasteiger partial charge in [-0.05, 0) is 171 Å². The number of benzene rings is 6. The van der Waals surface area contributed by atoms with E-state index in [9.17, 15) is 0 Å². The first kappa shape index (κ1) is 33.5. The molecule has 1 heteroatoms. The van der Waals surface area contributed by atoms with Gasteiger partial charge in [0.25, 0.3) is 0 Å². The van der Waals surface area contributed by atoms with Gasteiger partial charge in [0.2, 0.25) is 0 Å². The van der Waals surface area contributed by atoms with Crippen LogP contribution in [-0.2, 0) is 16.2 Å². The van der Waals surface area contributed by atoms with Crippen molar-refractivity contribution >= 4 is 17.1 Å². The predicted octanol–water partition coefficient (Wildman–Crippen LogP) is 14.6. The van der Waals surface area contributed by atoms with Crippen LogP contribution in [0.5, 0.6) is 0 Å². The van der Waals surface area contributed by atoms with Gasteiger partial charge >= 0.3 is 0 Å². The van der Waals surface area contributed by atoms with Gasteiger partial charge in [0.05, 0.1) is 0 Å². The fourth-order valence-corrected chi connectivity index (χ4v) is 12.7. The Labute approximate surface area is 328 Å². The second kappa shape index (κ2) is 12.1. The van der Waals surface area contributed by atoms with Crippen molar-refractivity contribution < 1.29 is 0 Å². The Hall–Kier alpha value is -4.88. The Morgan fingerprint density at radius 3 is 1.51 bits per heavy atom. The molecule has 1 spiro atoms. The average molecular weight is 716 g/mol. The first-order valence-corrected chi connectivity index (χ1v) is 21.1. The molecule has 55 heavy (non-hydrogen) atoms. The lowest BCUT2D eigenvalue weighted by atomic mass is 9.43. The van der Waals surface area contributed by atoms with Crippen molar-refractivity contribution in [2.24, 2.45) is 23.7 Å². The quantitative estimate of drug-likeness (QED) is 0.172. The van der Waals surface area contributed by atoms with Crippen LogP contribution in [-0.4, -0.2) is 0 Å². The fraction of sp³-hybridized carbons (Fsp3) is 0.333. The molecule has 4 fully saturated rings. The average Bonchev–Trinajstić information content (AvgIpc) is 3.49. The normalized spacial score (nSPS) is 26.0. The third-order valence-electron chi connectivity index (χ3n) is 15.3. The maximum atomic E-state index is 2.66. The van der Waals surface area contributed by atoms with Crippen LogP contribution in [0.25, 0.3) is 33.4 Å². The Balaban J connectivity index is 1.05. The number of nitrogens with zero attached hydrogens (tertiary/aromatic N) is 1. The van der Waals surface area contributed by atoms with Gasteiger partial charge in [0.1, 0.15) is 0 Å². The van der Waals surface area contributed by atoms with Crippen molar-refractivity contribution in [2.75, 3.05) is 4.90 Å². The zero-order valence-electron chi connectivity index (χ0n) is 33.0. The summed E-state index contributed by atoms with van der Waals surface area (Å²) in [6, 6.07) is 53.6. The van der Waals surface area contributed by atoms with Crippen LogP contribution >= 0.6 is 0 Å². The highest BCUT2D eigenvalue weighted by molar-refractivity contribution is 5.87. The highest BCUT2D eigenvalue weighted by Gasteiger charge is 2.61. The summed E-state index contributed by atoms with van der Waals surface area (Å²) in [5, 5.41) is 0. The maximum absolute atomic E-state index is 2.66.